The van der Waals surface area contributed by atoms with E-state index >= 15 is 28.0 Å². The quantitative estimate of drug-likeness (QED) is 0.0214. The molecule has 125 heavy (non-hydrogen) atoms. The summed E-state index contributed by atoms with van der Waals surface area (Å²) in [6.07, 6.45) is -14.9. The molecule has 11 amide bonds. The van der Waals surface area contributed by atoms with E-state index in [1.807, 2.05) is 0 Å². The van der Waals surface area contributed by atoms with Gasteiger partial charge in [0.1, 0.15) is 63.3 Å². The number of carbonyl (C=O) groups excluding carboxylic acids is 15. The van der Waals surface area contributed by atoms with Gasteiger partial charge in [-0.1, -0.05) is 74.5 Å². The van der Waals surface area contributed by atoms with Crippen molar-refractivity contribution in [3.05, 3.63) is 95.6 Å². The Morgan fingerprint density at radius 2 is 0.944 bits per heavy atom. The predicted octanol–water partition coefficient (Wildman–Crippen LogP) is 7.41. The number of aliphatic hydroxyl groups excluding tert-OH is 2. The lowest BCUT2D eigenvalue weighted by atomic mass is 9.91. The second-order valence-electron chi connectivity index (χ2n) is 36.4. The second-order valence-corrected chi connectivity index (χ2v) is 36.4. The standard InChI is InChI=1S/C88H132F2N12O23/c1-50(2)42-64-75(111)99-62(33-39-94-81(117)123-86(11,12)13)67(106)47-56(31-37-92-79(115)121-84(5,6)7)72(108)102-71(52(4)104)77(113)91-36-30-54(49-97-63(34-40-95-82(118)124-87(14,15)16)74(110)101-65(76(112)100-64)43-53-26-22-20-23-27-53)44-66(105)61(32-38-93-80(116)122-85(8,9)10)98-73(109)58(51(3)103)48-68(107)69(35-41-96-83(119)125-88(17,18)19)120-78(114)70-59(89)45-57(46-60(70)90)55-28-24-21-25-29-55/h20-29,45-46,50-52,54,56,58,61-65,69,71,97,103-104H,30-44,47-49H2,1-19H3,(H,91,113)(H,92,115)(H,93,116)(H,94,117)(H,95,118)(H,96,119)(H,98,109)(H,99,111)(H,100,112)(H,101,110)(H,102,108)/t51?,52?,54-,56-,58+,61+,62+,63+,64+,65-,69+,71+/m1/s1. The van der Waals surface area contributed by atoms with Crippen LogP contribution in [0.5, 0.6) is 0 Å². The number of ether oxygens (including phenoxy) is 6. The van der Waals surface area contributed by atoms with Crippen molar-refractivity contribution in [2.45, 2.75) is 285 Å². The van der Waals surface area contributed by atoms with Gasteiger partial charge in [-0.05, 0) is 203 Å². The maximum absolute atomic E-state index is 15.9. The minimum Gasteiger partial charge on any atom is -0.451 e. The topological polar surface area (TPSA) is 496 Å². The third-order valence-electron chi connectivity index (χ3n) is 18.7. The molecule has 3 aromatic carbocycles. The highest BCUT2D eigenvalue weighted by molar-refractivity contribution is 5.99. The lowest BCUT2D eigenvalue weighted by molar-refractivity contribution is -0.138. The molecule has 37 heteroatoms. The Hall–Kier alpha value is -10.9. The van der Waals surface area contributed by atoms with E-state index in [4.69, 9.17) is 28.4 Å². The molecule has 35 nitrogen and oxygen atoms in total. The van der Waals surface area contributed by atoms with E-state index in [0.29, 0.717) is 11.1 Å². The molecular formula is C88H132F2N12O23. The van der Waals surface area contributed by atoms with E-state index in [-0.39, 0.29) is 76.2 Å². The third-order valence-corrected chi connectivity index (χ3v) is 18.7. The number of halogens is 2. The molecule has 0 radical (unpaired) electrons. The minimum atomic E-state index is -2.00. The summed E-state index contributed by atoms with van der Waals surface area (Å²) in [5.41, 5.74) is -5.20. The molecular weight excluding hydrogens is 1630 g/mol. The number of alkyl carbamates (subject to hydrolysis) is 5. The van der Waals surface area contributed by atoms with Crippen molar-refractivity contribution < 1.29 is 119 Å². The Morgan fingerprint density at radius 3 is 1.42 bits per heavy atom. The molecule has 0 aliphatic carbocycles. The number of hydrogen-bond donors (Lipinski definition) is 14. The van der Waals surface area contributed by atoms with Crippen molar-refractivity contribution in [1.29, 1.82) is 0 Å². The normalized spacial score (nSPS) is 19.5. The number of Topliss-reactive ketones (excluding diaryl/α,β-unsaturated/α-hetero) is 3. The molecule has 0 spiro atoms. The van der Waals surface area contributed by atoms with Gasteiger partial charge in [0.05, 0.1) is 36.3 Å². The van der Waals surface area contributed by atoms with Crippen LogP contribution in [0.2, 0.25) is 0 Å². The zero-order valence-electron chi connectivity index (χ0n) is 75.4. The molecule has 3 aromatic rings. The largest absolute Gasteiger partial charge is 0.451 e. The number of esters is 1. The van der Waals surface area contributed by atoms with Gasteiger partial charge in [0, 0.05) is 77.3 Å². The van der Waals surface area contributed by atoms with E-state index in [9.17, 15) is 63.0 Å². The molecule has 0 aromatic heterocycles. The van der Waals surface area contributed by atoms with Crippen LogP contribution in [-0.2, 0) is 78.0 Å². The first-order valence-corrected chi connectivity index (χ1v) is 42.2. The summed E-state index contributed by atoms with van der Waals surface area (Å²) in [5, 5.41) is 54.7. The summed E-state index contributed by atoms with van der Waals surface area (Å²) < 4.78 is 64.5. The number of aliphatic hydroxyl groups is 2. The van der Waals surface area contributed by atoms with Gasteiger partial charge in [0.25, 0.3) is 0 Å². The van der Waals surface area contributed by atoms with Crippen molar-refractivity contribution >= 4 is 89.2 Å². The van der Waals surface area contributed by atoms with Crippen LogP contribution in [0.15, 0.2) is 72.8 Å². The Balaban J connectivity index is 1.94. The van der Waals surface area contributed by atoms with Gasteiger partial charge in [-0.3, -0.25) is 43.2 Å². The molecule has 2 unspecified atom stereocenters. The van der Waals surface area contributed by atoms with Crippen molar-refractivity contribution in [2.75, 3.05) is 45.8 Å². The first-order valence-electron chi connectivity index (χ1n) is 42.2. The van der Waals surface area contributed by atoms with Crippen LogP contribution in [0.25, 0.3) is 11.1 Å². The van der Waals surface area contributed by atoms with Gasteiger partial charge in [-0.2, -0.15) is 0 Å². The Bertz CT molecular complexity index is 4120. The lowest BCUT2D eigenvalue weighted by Crippen LogP contribution is -2.58. The summed E-state index contributed by atoms with van der Waals surface area (Å²) in [5.74, 6) is -17.8. The summed E-state index contributed by atoms with van der Waals surface area (Å²) in [6.45, 7) is 27.2. The molecule has 696 valence electrons. The second kappa shape index (κ2) is 49.7. The molecule has 1 fully saturated rings. The maximum Gasteiger partial charge on any atom is 0.407 e. The van der Waals surface area contributed by atoms with E-state index in [1.165, 1.54) is 6.92 Å². The number of hydrogen-bond acceptors (Lipinski definition) is 24. The zero-order chi connectivity index (χ0) is 94.1. The molecule has 1 aliphatic rings. The zero-order valence-corrected chi connectivity index (χ0v) is 75.4. The van der Waals surface area contributed by atoms with Gasteiger partial charge in [-0.15, -0.1) is 0 Å². The fourth-order valence-electron chi connectivity index (χ4n) is 12.8. The van der Waals surface area contributed by atoms with Crippen LogP contribution in [0, 0.1) is 35.3 Å². The average Bonchev–Trinajstić information content (AvgIpc) is 0.900. The van der Waals surface area contributed by atoms with Crippen LogP contribution in [-0.4, -0.2) is 228 Å². The fourth-order valence-corrected chi connectivity index (χ4v) is 12.8. The van der Waals surface area contributed by atoms with Crippen LogP contribution >= 0.6 is 0 Å². The molecule has 1 saturated heterocycles. The molecule has 14 N–H and O–H groups in total. The molecule has 0 saturated carbocycles. The Labute approximate surface area is 730 Å². The van der Waals surface area contributed by atoms with E-state index in [1.54, 1.807) is 178 Å². The summed E-state index contributed by atoms with van der Waals surface area (Å²) in [4.78, 5) is 214. The first kappa shape index (κ1) is 106. The van der Waals surface area contributed by atoms with Crippen LogP contribution < -0.4 is 63.8 Å². The number of benzene rings is 3. The highest BCUT2D eigenvalue weighted by Crippen LogP contribution is 2.28. The Morgan fingerprint density at radius 1 is 0.504 bits per heavy atom. The molecule has 4 rings (SSSR count). The Kier molecular flexibility index (Phi) is 42.3. The van der Waals surface area contributed by atoms with Gasteiger partial charge in [-0.25, -0.2) is 37.5 Å². The number of carbonyl (C=O) groups is 15. The van der Waals surface area contributed by atoms with Crippen molar-refractivity contribution in [2.24, 2.45) is 23.7 Å². The number of amides is 11. The maximum atomic E-state index is 15.9. The van der Waals surface area contributed by atoms with E-state index in [2.05, 4.69) is 63.8 Å². The van der Waals surface area contributed by atoms with E-state index in [0.717, 1.165) is 19.1 Å². The van der Waals surface area contributed by atoms with Gasteiger partial charge < -0.3 is 102 Å². The van der Waals surface area contributed by atoms with Gasteiger partial charge in [0.15, 0.2) is 23.5 Å². The van der Waals surface area contributed by atoms with E-state index < -0.39 is 258 Å². The van der Waals surface area contributed by atoms with Crippen molar-refractivity contribution in [3.8, 4) is 11.1 Å². The molecule has 1 heterocycles. The molecule has 1 aliphatic heterocycles. The van der Waals surface area contributed by atoms with Crippen LogP contribution in [0.1, 0.15) is 212 Å². The highest BCUT2D eigenvalue weighted by Gasteiger charge is 2.40. The monoisotopic (exact) mass is 1760 g/mol. The van der Waals surface area contributed by atoms with Gasteiger partial charge >= 0.3 is 36.4 Å². The SMILES string of the molecule is CC(C)C[C@@H]1NC(=O)[C@@H](Cc2ccccc2)NC(=O)[C@H](CCNC(=O)OC(C)(C)C)NC[C@@H](CC(=O)[C@H](CCNC(=O)OC(C)(C)C)NC(=O)[C@@H](CC(=O)[C@H](CCNC(=O)OC(C)(C)C)OC(=O)c2c(F)cc(-c3ccccc3)cc2F)C(C)O)CCNC(=O)[C@H](C(C)O)NC(=O)[C@H](CCNC(=O)OC(C)(C)C)CC(=O)[C@H](CCNC(=O)OC(C)(C)C)NC1=O. The smallest absolute Gasteiger partial charge is 0.407 e. The third kappa shape index (κ3) is 41.6. The lowest BCUT2D eigenvalue weighted by Gasteiger charge is -2.29. The number of nitrogens with one attached hydrogen (secondary N) is 12. The minimum absolute atomic E-state index is 0.0482. The molecule has 0 bridgehead atoms. The number of rotatable bonds is 32. The van der Waals surface area contributed by atoms with Crippen LogP contribution in [0.3, 0.4) is 0 Å². The summed E-state index contributed by atoms with van der Waals surface area (Å²) >= 11 is 0. The predicted molar refractivity (Wildman–Crippen MR) is 457 cm³/mol. The molecule has 12 atom stereocenters. The first-order chi connectivity index (χ1) is 58.1. The average molecular weight is 1760 g/mol. The fraction of sp³-hybridized carbons (Fsp3) is 0.625. The van der Waals surface area contributed by atoms with Crippen molar-refractivity contribution in [1.82, 2.24) is 63.8 Å². The van der Waals surface area contributed by atoms with Crippen molar-refractivity contribution in [3.63, 3.8) is 0 Å². The van der Waals surface area contributed by atoms with Gasteiger partial charge in [0.2, 0.25) is 35.4 Å². The summed E-state index contributed by atoms with van der Waals surface area (Å²) in [7, 11) is 0. The van der Waals surface area contributed by atoms with Crippen LogP contribution in [0.4, 0.5) is 32.8 Å². The highest BCUT2D eigenvalue weighted by atomic mass is 19.1. The number of ketones is 3. The summed E-state index contributed by atoms with van der Waals surface area (Å²) in [6, 6.07) is 8.78.